The summed E-state index contributed by atoms with van der Waals surface area (Å²) in [6.07, 6.45) is 0. The first-order valence-electron chi connectivity index (χ1n) is 8.32. The van der Waals surface area contributed by atoms with Crippen LogP contribution in [-0.4, -0.2) is 21.6 Å². The lowest BCUT2D eigenvalue weighted by Crippen LogP contribution is -2.15. The number of nitrogens with zero attached hydrogens (tertiary/aromatic N) is 2. The molecule has 3 aromatic rings. The van der Waals surface area contributed by atoms with E-state index in [1.54, 1.807) is 28.9 Å². The van der Waals surface area contributed by atoms with Gasteiger partial charge in [-0.05, 0) is 42.3 Å². The topological polar surface area (TPSA) is 90.0 Å². The predicted octanol–water partition coefficient (Wildman–Crippen LogP) is 3.35. The highest BCUT2D eigenvalue weighted by Gasteiger charge is 2.17. The fourth-order valence-corrected chi connectivity index (χ4v) is 2.64. The molecular formula is C20H20N4O2. The van der Waals surface area contributed by atoms with Crippen molar-refractivity contribution in [3.8, 4) is 5.69 Å². The number of benzene rings is 2. The van der Waals surface area contributed by atoms with Crippen LogP contribution in [0.1, 0.15) is 46.3 Å². The Bertz CT molecular complexity index is 945. The quantitative estimate of drug-likeness (QED) is 0.741. The maximum absolute atomic E-state index is 12.6. The molecule has 132 valence electrons. The number of nitrogens with two attached hydrogens (primary N) is 1. The first-order chi connectivity index (χ1) is 12.5. The molecule has 0 unspecified atom stereocenters. The van der Waals surface area contributed by atoms with Crippen LogP contribution in [0.15, 0.2) is 60.7 Å². The lowest BCUT2D eigenvalue weighted by atomic mass is 10.1. The molecule has 0 saturated heterocycles. The van der Waals surface area contributed by atoms with Crippen molar-refractivity contribution in [3.63, 3.8) is 0 Å². The Morgan fingerprint density at radius 3 is 2.42 bits per heavy atom. The Hall–Kier alpha value is -3.41. The van der Waals surface area contributed by atoms with E-state index in [9.17, 15) is 9.59 Å². The van der Waals surface area contributed by atoms with Gasteiger partial charge in [0.15, 0.2) is 5.69 Å². The van der Waals surface area contributed by atoms with E-state index >= 15 is 0 Å². The van der Waals surface area contributed by atoms with E-state index in [-0.39, 0.29) is 11.8 Å². The molecule has 0 radical (unpaired) electrons. The van der Waals surface area contributed by atoms with Crippen molar-refractivity contribution >= 4 is 17.5 Å². The van der Waals surface area contributed by atoms with Crippen LogP contribution in [-0.2, 0) is 0 Å². The average molecular weight is 348 g/mol. The molecule has 0 atom stereocenters. The summed E-state index contributed by atoms with van der Waals surface area (Å²) in [5, 5.41) is 7.23. The molecular weight excluding hydrogens is 328 g/mol. The number of amides is 2. The highest BCUT2D eigenvalue weighted by Crippen LogP contribution is 2.21. The minimum Gasteiger partial charge on any atom is -0.366 e. The number of primary amides is 1. The molecule has 6 nitrogen and oxygen atoms in total. The Morgan fingerprint density at radius 1 is 1.04 bits per heavy atom. The third-order valence-corrected chi connectivity index (χ3v) is 3.97. The van der Waals surface area contributed by atoms with Crippen molar-refractivity contribution < 1.29 is 9.59 Å². The van der Waals surface area contributed by atoms with Crippen LogP contribution < -0.4 is 11.1 Å². The van der Waals surface area contributed by atoms with E-state index in [1.165, 1.54) is 6.07 Å². The van der Waals surface area contributed by atoms with Gasteiger partial charge in [-0.2, -0.15) is 5.10 Å². The van der Waals surface area contributed by atoms with Gasteiger partial charge in [-0.25, -0.2) is 4.68 Å². The maximum atomic E-state index is 12.6. The third-order valence-electron chi connectivity index (χ3n) is 3.97. The molecule has 3 rings (SSSR count). The van der Waals surface area contributed by atoms with Crippen molar-refractivity contribution in [2.75, 3.05) is 5.32 Å². The highest BCUT2D eigenvalue weighted by molar-refractivity contribution is 6.04. The molecule has 0 saturated carbocycles. The van der Waals surface area contributed by atoms with Crippen molar-refractivity contribution in [1.82, 2.24) is 9.78 Å². The zero-order valence-corrected chi connectivity index (χ0v) is 14.6. The van der Waals surface area contributed by atoms with Gasteiger partial charge in [0.2, 0.25) is 5.91 Å². The fraction of sp³-hybridized carbons (Fsp3) is 0.150. The van der Waals surface area contributed by atoms with Gasteiger partial charge < -0.3 is 11.1 Å². The number of rotatable bonds is 5. The van der Waals surface area contributed by atoms with Gasteiger partial charge in [0.1, 0.15) is 0 Å². The van der Waals surface area contributed by atoms with E-state index in [1.807, 2.05) is 30.3 Å². The molecule has 6 heteroatoms. The van der Waals surface area contributed by atoms with Crippen LogP contribution in [0.25, 0.3) is 5.69 Å². The summed E-state index contributed by atoms with van der Waals surface area (Å²) in [5.41, 5.74) is 8.24. The van der Waals surface area contributed by atoms with Crippen LogP contribution in [0, 0.1) is 0 Å². The average Bonchev–Trinajstić information content (AvgIpc) is 3.08. The number of nitrogens with one attached hydrogen (secondary N) is 1. The zero-order valence-electron chi connectivity index (χ0n) is 14.6. The number of hydrogen-bond acceptors (Lipinski definition) is 3. The summed E-state index contributed by atoms with van der Waals surface area (Å²) in [6.45, 7) is 4.10. The van der Waals surface area contributed by atoms with E-state index < -0.39 is 5.91 Å². The summed E-state index contributed by atoms with van der Waals surface area (Å²) in [4.78, 5) is 23.9. The summed E-state index contributed by atoms with van der Waals surface area (Å²) in [6, 6.07) is 17.9. The van der Waals surface area contributed by atoms with Crippen molar-refractivity contribution in [2.45, 2.75) is 19.8 Å². The second kappa shape index (κ2) is 7.23. The first-order valence-corrected chi connectivity index (χ1v) is 8.32. The van der Waals surface area contributed by atoms with E-state index in [4.69, 9.17) is 5.73 Å². The summed E-state index contributed by atoms with van der Waals surface area (Å²) < 4.78 is 1.78. The SMILES string of the molecule is CC(C)c1cc(C(=O)Nc2cccc(C(N)=O)c2)nn1-c1ccccc1. The van der Waals surface area contributed by atoms with Crippen molar-refractivity contribution in [3.05, 3.63) is 77.6 Å². The second-order valence-corrected chi connectivity index (χ2v) is 6.26. The number of aromatic nitrogens is 2. The molecule has 0 aliphatic carbocycles. The van der Waals surface area contributed by atoms with Gasteiger partial charge in [-0.1, -0.05) is 38.1 Å². The van der Waals surface area contributed by atoms with Gasteiger partial charge in [0.25, 0.3) is 5.91 Å². The lowest BCUT2D eigenvalue weighted by Gasteiger charge is -2.09. The predicted molar refractivity (Wildman–Crippen MR) is 101 cm³/mol. The lowest BCUT2D eigenvalue weighted by molar-refractivity contribution is 0.0995. The number of carbonyl (C=O) groups is 2. The van der Waals surface area contributed by atoms with Crippen LogP contribution in [0.4, 0.5) is 5.69 Å². The molecule has 26 heavy (non-hydrogen) atoms. The van der Waals surface area contributed by atoms with Crippen LogP contribution >= 0.6 is 0 Å². The summed E-state index contributed by atoms with van der Waals surface area (Å²) >= 11 is 0. The minimum atomic E-state index is -0.545. The molecule has 2 amide bonds. The van der Waals surface area contributed by atoms with Crippen LogP contribution in [0.2, 0.25) is 0 Å². The molecule has 0 aliphatic rings. The Labute approximate surface area is 151 Å². The Morgan fingerprint density at radius 2 is 1.77 bits per heavy atom. The molecule has 0 fully saturated rings. The fourth-order valence-electron chi connectivity index (χ4n) is 2.64. The molecule has 3 N–H and O–H groups in total. The Balaban J connectivity index is 1.91. The summed E-state index contributed by atoms with van der Waals surface area (Å²) in [7, 11) is 0. The molecule has 2 aromatic carbocycles. The van der Waals surface area contributed by atoms with Gasteiger partial charge in [-0.15, -0.1) is 0 Å². The smallest absolute Gasteiger partial charge is 0.276 e. The van der Waals surface area contributed by atoms with Gasteiger partial charge in [0, 0.05) is 16.9 Å². The highest BCUT2D eigenvalue weighted by atomic mass is 16.2. The van der Waals surface area contributed by atoms with E-state index in [2.05, 4.69) is 24.3 Å². The molecule has 1 heterocycles. The van der Waals surface area contributed by atoms with Crippen molar-refractivity contribution in [1.29, 1.82) is 0 Å². The normalized spacial score (nSPS) is 10.7. The largest absolute Gasteiger partial charge is 0.366 e. The third kappa shape index (κ3) is 3.64. The Kier molecular flexibility index (Phi) is 4.84. The van der Waals surface area contributed by atoms with E-state index in [0.29, 0.717) is 16.9 Å². The summed E-state index contributed by atoms with van der Waals surface area (Å²) in [5.74, 6) is -0.692. The van der Waals surface area contributed by atoms with Gasteiger partial charge in [0.05, 0.1) is 5.69 Å². The van der Waals surface area contributed by atoms with Gasteiger partial charge >= 0.3 is 0 Å². The monoisotopic (exact) mass is 348 g/mol. The maximum Gasteiger partial charge on any atom is 0.276 e. The number of para-hydroxylation sites is 1. The number of anilines is 1. The van der Waals surface area contributed by atoms with Gasteiger partial charge in [-0.3, -0.25) is 9.59 Å². The number of hydrogen-bond donors (Lipinski definition) is 2. The molecule has 0 aliphatic heterocycles. The first kappa shape index (κ1) is 17.4. The number of carbonyl (C=O) groups excluding carboxylic acids is 2. The molecule has 0 spiro atoms. The molecule has 1 aromatic heterocycles. The second-order valence-electron chi connectivity index (χ2n) is 6.26. The standard InChI is InChI=1S/C20H20N4O2/c1-13(2)18-12-17(23-24(18)16-9-4-3-5-10-16)20(26)22-15-8-6-7-14(11-15)19(21)25/h3-13H,1-2H3,(H2,21,25)(H,22,26). The zero-order chi connectivity index (χ0) is 18.7. The van der Waals surface area contributed by atoms with Crippen molar-refractivity contribution in [2.24, 2.45) is 5.73 Å². The van der Waals surface area contributed by atoms with Crippen LogP contribution in [0.3, 0.4) is 0 Å². The van der Waals surface area contributed by atoms with Crippen LogP contribution in [0.5, 0.6) is 0 Å². The minimum absolute atomic E-state index is 0.197. The molecule has 0 bridgehead atoms. The van der Waals surface area contributed by atoms with E-state index in [0.717, 1.165) is 11.4 Å².